The van der Waals surface area contributed by atoms with Gasteiger partial charge < -0.3 is 15.2 Å². The average molecular weight is 415 g/mol. The third kappa shape index (κ3) is 8.23. The number of pyridine rings is 1. The van der Waals surface area contributed by atoms with Gasteiger partial charge >= 0.3 is 0 Å². The van der Waals surface area contributed by atoms with Gasteiger partial charge in [0.25, 0.3) is 7.52 Å². The predicted molar refractivity (Wildman–Crippen MR) is 113 cm³/mol. The van der Waals surface area contributed by atoms with Crippen molar-refractivity contribution in [1.82, 2.24) is 15.1 Å². The van der Waals surface area contributed by atoms with E-state index in [0.29, 0.717) is 31.0 Å². The van der Waals surface area contributed by atoms with Gasteiger partial charge in [-0.05, 0) is 57.0 Å². The number of aromatic nitrogens is 1. The van der Waals surface area contributed by atoms with E-state index in [9.17, 15) is 4.57 Å². The third-order valence-electron chi connectivity index (χ3n) is 4.25. The van der Waals surface area contributed by atoms with Crippen LogP contribution in [0.15, 0.2) is 24.5 Å². The summed E-state index contributed by atoms with van der Waals surface area (Å²) in [6.07, 6.45) is 9.98. The van der Waals surface area contributed by atoms with E-state index in [-0.39, 0.29) is 0 Å². The lowest BCUT2D eigenvalue weighted by Crippen LogP contribution is -2.29. The number of nitrogens with zero attached hydrogens (tertiary/aromatic N) is 2. The van der Waals surface area contributed by atoms with Crippen LogP contribution in [0.25, 0.3) is 0 Å². The van der Waals surface area contributed by atoms with Crippen LogP contribution in [0.3, 0.4) is 0 Å². The summed E-state index contributed by atoms with van der Waals surface area (Å²) in [5.74, 6) is 0. The summed E-state index contributed by atoms with van der Waals surface area (Å²) in [4.78, 5) is 11.2. The zero-order valence-electron chi connectivity index (χ0n) is 16.1. The van der Waals surface area contributed by atoms with Gasteiger partial charge in [0.1, 0.15) is 0 Å². The van der Waals surface area contributed by atoms with E-state index in [2.05, 4.69) is 15.6 Å². The van der Waals surface area contributed by atoms with Crippen molar-refractivity contribution in [2.24, 2.45) is 0 Å². The maximum absolute atomic E-state index is 13.1. The van der Waals surface area contributed by atoms with Crippen molar-refractivity contribution in [3.63, 3.8) is 0 Å². The Morgan fingerprint density at radius 1 is 1.30 bits per heavy atom. The first-order valence-electron chi connectivity index (χ1n) is 9.73. The highest BCUT2D eigenvalue weighted by atomic mass is 32.1. The van der Waals surface area contributed by atoms with Crippen molar-refractivity contribution in [2.75, 3.05) is 37.8 Å². The van der Waals surface area contributed by atoms with Crippen LogP contribution in [0.1, 0.15) is 45.4 Å². The van der Waals surface area contributed by atoms with E-state index in [4.69, 9.17) is 21.6 Å². The van der Waals surface area contributed by atoms with Crippen LogP contribution in [-0.2, 0) is 13.9 Å². The van der Waals surface area contributed by atoms with Gasteiger partial charge in [0.05, 0.1) is 13.2 Å². The summed E-state index contributed by atoms with van der Waals surface area (Å²) >= 11 is 5.27. The van der Waals surface area contributed by atoms with Crippen LogP contribution in [0.2, 0.25) is 0 Å². The third-order valence-corrected chi connectivity index (χ3v) is 7.03. The van der Waals surface area contributed by atoms with E-state index in [0.717, 1.165) is 50.8 Å². The lowest BCUT2D eigenvalue weighted by molar-refractivity contribution is -0.120. The molecular weight excluding hydrogens is 383 g/mol. The molecule has 152 valence electrons. The van der Waals surface area contributed by atoms with Gasteiger partial charge in [-0.2, -0.15) is 0 Å². The fourth-order valence-electron chi connectivity index (χ4n) is 2.87. The monoisotopic (exact) mass is 414 g/mol. The summed E-state index contributed by atoms with van der Waals surface area (Å²) in [5, 5.41) is 6.94. The van der Waals surface area contributed by atoms with Crippen LogP contribution in [0.4, 0.5) is 5.69 Å². The second kappa shape index (κ2) is 12.4. The van der Waals surface area contributed by atoms with Gasteiger partial charge in [-0.15, -0.1) is 4.83 Å². The number of hydrogen-bond donors (Lipinski definition) is 2. The molecule has 1 aliphatic heterocycles. The highest BCUT2D eigenvalue weighted by molar-refractivity contribution is 7.80. The van der Waals surface area contributed by atoms with Crippen molar-refractivity contribution in [3.05, 3.63) is 24.5 Å². The standard InChI is InChI=1S/C18H31N4O3PS/c1-2-25-26(23,22-14-6-7-15-24-22)16-8-4-3-5-11-20-18(27)21-17-9-12-19-13-10-17/h9-10,12-13H,2-8,11,14-16H2,1H3,(H2,19,20,21,27). The number of thiocarbonyl (C=S) groups is 1. The molecule has 2 heterocycles. The van der Waals surface area contributed by atoms with E-state index in [1.54, 1.807) is 17.2 Å². The first kappa shape index (κ1) is 22.2. The molecule has 0 radical (unpaired) electrons. The van der Waals surface area contributed by atoms with Gasteiger partial charge in [0, 0.05) is 37.3 Å². The van der Waals surface area contributed by atoms with Crippen LogP contribution in [0, 0.1) is 0 Å². The van der Waals surface area contributed by atoms with Crippen molar-refractivity contribution in [3.8, 4) is 0 Å². The molecule has 27 heavy (non-hydrogen) atoms. The van der Waals surface area contributed by atoms with Gasteiger partial charge in [0.2, 0.25) is 0 Å². The molecule has 0 aliphatic carbocycles. The molecule has 1 fully saturated rings. The summed E-state index contributed by atoms with van der Waals surface area (Å²) in [6.45, 7) is 4.47. The minimum absolute atomic E-state index is 0.447. The fourth-order valence-corrected chi connectivity index (χ4v) is 5.30. The molecule has 0 saturated carbocycles. The molecule has 0 amide bonds. The largest absolute Gasteiger partial charge is 0.362 e. The molecule has 0 spiro atoms. The summed E-state index contributed by atoms with van der Waals surface area (Å²) < 4.78 is 18.7. The zero-order chi connectivity index (χ0) is 19.4. The molecule has 0 bridgehead atoms. The molecule has 7 nitrogen and oxygen atoms in total. The highest BCUT2D eigenvalue weighted by Gasteiger charge is 2.33. The Morgan fingerprint density at radius 3 is 2.78 bits per heavy atom. The molecule has 0 aromatic carbocycles. The molecule has 2 rings (SSSR count). The van der Waals surface area contributed by atoms with E-state index in [1.165, 1.54) is 0 Å². The van der Waals surface area contributed by atoms with Crippen molar-refractivity contribution in [2.45, 2.75) is 45.4 Å². The normalized spacial score (nSPS) is 17.2. The molecule has 2 N–H and O–H groups in total. The molecular formula is C18H31N4O3PS. The number of hydroxylamine groups is 1. The first-order valence-corrected chi connectivity index (χ1v) is 11.9. The Kier molecular flexibility index (Phi) is 10.2. The van der Waals surface area contributed by atoms with Crippen LogP contribution < -0.4 is 10.6 Å². The van der Waals surface area contributed by atoms with Crippen LogP contribution in [-0.4, -0.2) is 47.4 Å². The Balaban J connectivity index is 1.57. The molecule has 1 unspecified atom stereocenters. The highest BCUT2D eigenvalue weighted by Crippen LogP contribution is 2.52. The zero-order valence-corrected chi connectivity index (χ0v) is 17.8. The van der Waals surface area contributed by atoms with E-state index in [1.807, 2.05) is 19.1 Å². The Hall–Kier alpha value is -1.05. The van der Waals surface area contributed by atoms with E-state index >= 15 is 0 Å². The molecule has 1 saturated heterocycles. The SMILES string of the molecule is CCOP(=O)(CCCCCCNC(=S)Nc1ccncc1)N1CCCCO1. The van der Waals surface area contributed by atoms with Crippen molar-refractivity contribution < 1.29 is 13.9 Å². The van der Waals surface area contributed by atoms with Crippen molar-refractivity contribution in [1.29, 1.82) is 0 Å². The second-order valence-electron chi connectivity index (χ2n) is 6.43. The quantitative estimate of drug-likeness (QED) is 0.317. The molecule has 1 aliphatic rings. The van der Waals surface area contributed by atoms with Crippen molar-refractivity contribution >= 4 is 30.5 Å². The predicted octanol–water partition coefficient (Wildman–Crippen LogP) is 4.19. The van der Waals surface area contributed by atoms with E-state index < -0.39 is 7.52 Å². The fraction of sp³-hybridized carbons (Fsp3) is 0.667. The Bertz CT molecular complexity index is 600. The smallest absolute Gasteiger partial charge is 0.294 e. The number of hydrogen-bond acceptors (Lipinski definition) is 5. The maximum Gasteiger partial charge on any atom is 0.294 e. The van der Waals surface area contributed by atoms with Gasteiger partial charge in [0.15, 0.2) is 5.11 Å². The van der Waals surface area contributed by atoms with Crippen LogP contribution >= 0.6 is 19.7 Å². The van der Waals surface area contributed by atoms with Gasteiger partial charge in [-0.1, -0.05) is 12.8 Å². The lowest BCUT2D eigenvalue weighted by Gasteiger charge is -2.32. The van der Waals surface area contributed by atoms with Gasteiger partial charge in [-0.3, -0.25) is 14.4 Å². The minimum atomic E-state index is -2.85. The molecule has 1 aromatic heterocycles. The number of anilines is 1. The average Bonchev–Trinajstić information content (AvgIpc) is 2.69. The maximum atomic E-state index is 13.1. The number of nitrogens with one attached hydrogen (secondary N) is 2. The van der Waals surface area contributed by atoms with Crippen LogP contribution in [0.5, 0.6) is 0 Å². The molecule has 9 heteroatoms. The summed E-state index contributed by atoms with van der Waals surface area (Å²) in [6, 6.07) is 3.74. The number of rotatable bonds is 11. The number of unbranched alkanes of at least 4 members (excludes halogenated alkanes) is 3. The lowest BCUT2D eigenvalue weighted by atomic mass is 10.2. The summed E-state index contributed by atoms with van der Waals surface area (Å²) in [5.41, 5.74) is 0.925. The first-order chi connectivity index (χ1) is 13.1. The Morgan fingerprint density at radius 2 is 2.07 bits per heavy atom. The Labute approximate surface area is 167 Å². The van der Waals surface area contributed by atoms with Gasteiger partial charge in [-0.25, -0.2) is 0 Å². The molecule has 1 atom stereocenters. The minimum Gasteiger partial charge on any atom is -0.362 e. The topological polar surface area (TPSA) is 75.7 Å². The molecule has 1 aromatic rings. The second-order valence-corrected chi connectivity index (χ2v) is 9.26. The summed E-state index contributed by atoms with van der Waals surface area (Å²) in [7, 11) is -2.85.